The number of nitrogens with zero attached hydrogens (tertiary/aromatic N) is 1. The van der Waals surface area contributed by atoms with Gasteiger partial charge in [0.05, 0.1) is 15.1 Å². The van der Waals surface area contributed by atoms with E-state index in [1.54, 1.807) is 12.1 Å². The van der Waals surface area contributed by atoms with E-state index in [4.69, 9.17) is 21.6 Å². The van der Waals surface area contributed by atoms with E-state index in [1.165, 1.54) is 23.5 Å². The Morgan fingerprint density at radius 2 is 1.83 bits per heavy atom. The lowest BCUT2D eigenvalue weighted by Crippen LogP contribution is -2.10. The molecule has 1 aromatic heterocycles. The molecule has 128 valence electrons. The maximum absolute atomic E-state index is 10.5. The summed E-state index contributed by atoms with van der Waals surface area (Å²) in [5.41, 5.74) is 2.05. The van der Waals surface area contributed by atoms with Gasteiger partial charge in [-0.2, -0.15) is 8.42 Å². The summed E-state index contributed by atoms with van der Waals surface area (Å²) in [7, 11) is -4.02. The van der Waals surface area contributed by atoms with Crippen LogP contribution in [0.25, 0.3) is 10.2 Å². The van der Waals surface area contributed by atoms with Gasteiger partial charge < -0.3 is 4.57 Å². The molecule has 2 aromatic carbocycles. The lowest BCUT2D eigenvalue weighted by atomic mass is 10.2. The Morgan fingerprint density at radius 1 is 1.21 bits per heavy atom. The van der Waals surface area contributed by atoms with E-state index in [-0.39, 0.29) is 4.90 Å². The summed E-state index contributed by atoms with van der Waals surface area (Å²) in [6.45, 7) is 4.72. The molecule has 1 heterocycles. The highest BCUT2D eigenvalue weighted by atomic mass is 35.5. The third-order valence-electron chi connectivity index (χ3n) is 3.30. The van der Waals surface area contributed by atoms with E-state index in [0.717, 1.165) is 27.3 Å². The fourth-order valence-electron chi connectivity index (χ4n) is 2.09. The van der Waals surface area contributed by atoms with Gasteiger partial charge in [0.2, 0.25) is 0 Å². The monoisotopic (exact) mass is 384 g/mol. The van der Waals surface area contributed by atoms with Crippen LogP contribution in [0.2, 0.25) is 5.02 Å². The molecule has 0 aliphatic rings. The highest BCUT2D eigenvalue weighted by Crippen LogP contribution is 2.21. The van der Waals surface area contributed by atoms with Crippen LogP contribution in [0.1, 0.15) is 12.5 Å². The summed E-state index contributed by atoms with van der Waals surface area (Å²) >= 11 is 7.32. The fraction of sp³-hybridized carbons (Fsp3) is 0.188. The zero-order valence-corrected chi connectivity index (χ0v) is 15.5. The van der Waals surface area contributed by atoms with E-state index < -0.39 is 10.1 Å². The van der Waals surface area contributed by atoms with E-state index in [9.17, 15) is 8.42 Å². The molecular weight excluding hydrogens is 368 g/mol. The minimum atomic E-state index is -4.02. The quantitative estimate of drug-likeness (QED) is 0.652. The van der Waals surface area contributed by atoms with Crippen LogP contribution >= 0.6 is 22.9 Å². The van der Waals surface area contributed by atoms with Crippen LogP contribution in [0.5, 0.6) is 0 Å². The van der Waals surface area contributed by atoms with Gasteiger partial charge in [0.1, 0.15) is 0 Å². The van der Waals surface area contributed by atoms with Gasteiger partial charge in [0, 0.05) is 11.6 Å². The third kappa shape index (κ3) is 4.45. The van der Waals surface area contributed by atoms with Crippen molar-refractivity contribution in [2.24, 2.45) is 0 Å². The molecule has 0 unspecified atom stereocenters. The standard InChI is InChI=1S/C9H9ClN2S.C7H8O3S/c1-2-12-7-4-3-6(10)5-8(7)13-9(12)11;1-6-2-4-7(5-3-6)11(8,9)10/h3-5,11H,2H2,1H3;2-5H,1H3,(H,8,9,10). The van der Waals surface area contributed by atoms with E-state index in [0.29, 0.717) is 4.80 Å². The Labute approximate surface area is 149 Å². The van der Waals surface area contributed by atoms with Crippen LogP contribution in [-0.4, -0.2) is 17.5 Å². The molecule has 0 saturated heterocycles. The van der Waals surface area contributed by atoms with Crippen molar-refractivity contribution in [3.63, 3.8) is 0 Å². The van der Waals surface area contributed by atoms with Crippen LogP contribution < -0.4 is 4.80 Å². The second-order valence-corrected chi connectivity index (χ2v) is 7.94. The average Bonchev–Trinajstić information content (AvgIpc) is 2.81. The van der Waals surface area contributed by atoms with Gasteiger partial charge in [0.15, 0.2) is 4.80 Å². The Balaban J connectivity index is 0.000000177. The van der Waals surface area contributed by atoms with E-state index in [2.05, 4.69) is 0 Å². The summed E-state index contributed by atoms with van der Waals surface area (Å²) in [6.07, 6.45) is 0. The molecule has 0 radical (unpaired) electrons. The Morgan fingerprint density at radius 3 is 2.38 bits per heavy atom. The van der Waals surface area contributed by atoms with Gasteiger partial charge in [-0.25, -0.2) is 0 Å². The predicted octanol–water partition coefficient (Wildman–Crippen LogP) is 4.10. The molecule has 0 bridgehead atoms. The Kier molecular flexibility index (Phi) is 5.82. The number of hydrogen-bond acceptors (Lipinski definition) is 4. The number of thiazole rings is 1. The molecule has 0 amide bonds. The zero-order valence-electron chi connectivity index (χ0n) is 13.2. The molecule has 24 heavy (non-hydrogen) atoms. The molecule has 3 rings (SSSR count). The van der Waals surface area contributed by atoms with Gasteiger partial charge in [-0.15, -0.1) is 0 Å². The maximum Gasteiger partial charge on any atom is 0.294 e. The SMILES string of the molecule is CCn1c(=N)sc2cc(Cl)ccc21.Cc1ccc(S(=O)(=O)O)cc1. The lowest BCUT2D eigenvalue weighted by Gasteiger charge is -1.98. The van der Waals surface area contributed by atoms with Gasteiger partial charge in [-0.3, -0.25) is 9.96 Å². The average molecular weight is 385 g/mol. The number of aromatic nitrogens is 1. The zero-order chi connectivity index (χ0) is 17.9. The number of nitrogens with one attached hydrogen (secondary N) is 1. The number of aryl methyl sites for hydroxylation is 2. The maximum atomic E-state index is 10.5. The Bertz CT molecular complexity index is 1010. The van der Waals surface area contributed by atoms with Crippen LogP contribution in [0, 0.1) is 12.3 Å². The first-order valence-corrected chi connectivity index (χ1v) is 9.73. The second-order valence-electron chi connectivity index (χ2n) is 5.05. The van der Waals surface area contributed by atoms with Crippen LogP contribution in [0.4, 0.5) is 0 Å². The molecule has 0 saturated carbocycles. The normalized spacial score (nSPS) is 11.2. The summed E-state index contributed by atoms with van der Waals surface area (Å²) in [5, 5.41) is 8.44. The third-order valence-corrected chi connectivity index (χ3v) is 5.36. The highest BCUT2D eigenvalue weighted by molar-refractivity contribution is 7.85. The molecule has 0 spiro atoms. The number of halogens is 1. The predicted molar refractivity (Wildman–Crippen MR) is 97.3 cm³/mol. The van der Waals surface area contributed by atoms with Crippen molar-refractivity contribution in [3.8, 4) is 0 Å². The first kappa shape index (κ1) is 18.7. The fourth-order valence-corrected chi connectivity index (χ4v) is 3.82. The summed E-state index contributed by atoms with van der Waals surface area (Å²) in [6, 6.07) is 11.7. The molecule has 0 fully saturated rings. The van der Waals surface area contributed by atoms with Gasteiger partial charge in [-0.1, -0.05) is 40.6 Å². The van der Waals surface area contributed by atoms with Crippen molar-refractivity contribution in [3.05, 3.63) is 57.9 Å². The van der Waals surface area contributed by atoms with E-state index >= 15 is 0 Å². The lowest BCUT2D eigenvalue weighted by molar-refractivity contribution is 0.483. The van der Waals surface area contributed by atoms with Gasteiger partial charge in [0.25, 0.3) is 10.1 Å². The van der Waals surface area contributed by atoms with Crippen molar-refractivity contribution >= 4 is 43.3 Å². The molecule has 2 N–H and O–H groups in total. The topological polar surface area (TPSA) is 83.2 Å². The molecule has 0 aliphatic carbocycles. The number of hydrogen-bond donors (Lipinski definition) is 2. The number of benzene rings is 2. The van der Waals surface area contributed by atoms with E-state index in [1.807, 2.05) is 36.6 Å². The highest BCUT2D eigenvalue weighted by Gasteiger charge is 2.06. The molecule has 8 heteroatoms. The molecule has 5 nitrogen and oxygen atoms in total. The molecule has 3 aromatic rings. The second kappa shape index (κ2) is 7.48. The summed E-state index contributed by atoms with van der Waals surface area (Å²) < 4.78 is 32.6. The van der Waals surface area contributed by atoms with Crippen molar-refractivity contribution < 1.29 is 13.0 Å². The van der Waals surface area contributed by atoms with Crippen molar-refractivity contribution in [1.82, 2.24) is 4.57 Å². The minimum Gasteiger partial charge on any atom is -0.317 e. The van der Waals surface area contributed by atoms with Gasteiger partial charge >= 0.3 is 0 Å². The van der Waals surface area contributed by atoms with Crippen molar-refractivity contribution in [2.75, 3.05) is 0 Å². The van der Waals surface area contributed by atoms with Crippen LogP contribution in [-0.2, 0) is 16.7 Å². The van der Waals surface area contributed by atoms with Crippen molar-refractivity contribution in [1.29, 1.82) is 5.41 Å². The molecule has 0 aliphatic heterocycles. The first-order chi connectivity index (χ1) is 11.2. The summed E-state index contributed by atoms with van der Waals surface area (Å²) in [4.78, 5) is 0.517. The largest absolute Gasteiger partial charge is 0.317 e. The van der Waals surface area contributed by atoms with Crippen LogP contribution in [0.3, 0.4) is 0 Å². The first-order valence-electron chi connectivity index (χ1n) is 7.10. The van der Waals surface area contributed by atoms with Crippen LogP contribution in [0.15, 0.2) is 47.4 Å². The van der Waals surface area contributed by atoms with Gasteiger partial charge in [-0.05, 0) is 44.2 Å². The van der Waals surface area contributed by atoms with Crippen molar-refractivity contribution in [2.45, 2.75) is 25.3 Å². The number of rotatable bonds is 2. The molecule has 0 atom stereocenters. The number of fused-ring (bicyclic) bond motifs is 1. The minimum absolute atomic E-state index is 0.0666. The smallest absolute Gasteiger partial charge is 0.294 e. The Hall–Kier alpha value is -1.67. The molecular formula is C16H17ClN2O3S2. The summed E-state index contributed by atoms with van der Waals surface area (Å²) in [5.74, 6) is 0.